The van der Waals surface area contributed by atoms with Crippen LogP contribution in [0.1, 0.15) is 87.5 Å². The van der Waals surface area contributed by atoms with Crippen LogP contribution in [0.15, 0.2) is 105 Å². The van der Waals surface area contributed by atoms with Crippen LogP contribution in [0.4, 0.5) is 0 Å². The van der Waals surface area contributed by atoms with Crippen molar-refractivity contribution >= 4 is 5.71 Å². The normalized spacial score (nSPS) is 16.0. The third kappa shape index (κ3) is 13.7. The number of hydrogen-bond donors (Lipinski definition) is 1. The highest BCUT2D eigenvalue weighted by Gasteiger charge is 2.21. The van der Waals surface area contributed by atoms with Crippen LogP contribution >= 0.6 is 0 Å². The fourth-order valence-corrected chi connectivity index (χ4v) is 5.16. The number of rotatable bonds is 19. The van der Waals surface area contributed by atoms with Crippen molar-refractivity contribution < 1.29 is 4.74 Å². The molecule has 0 spiro atoms. The fourth-order valence-electron chi connectivity index (χ4n) is 5.16. The summed E-state index contributed by atoms with van der Waals surface area (Å²) in [6.07, 6.45) is 12.1. The predicted octanol–water partition coefficient (Wildman–Crippen LogP) is 9.74. The number of allylic oxidation sites excluding steroid dienone is 10. The van der Waals surface area contributed by atoms with Crippen LogP contribution in [-0.2, 0) is 4.74 Å². The summed E-state index contributed by atoms with van der Waals surface area (Å²) in [4.78, 5) is 4.69. The van der Waals surface area contributed by atoms with Crippen molar-refractivity contribution in [3.05, 3.63) is 99.9 Å². The number of ether oxygens (including phenoxy) is 1. The molecular weight excluding hydrogens is 526 g/mol. The fraction of sp³-hybridized carbons (Fsp3) is 0.513. The largest absolute Gasteiger partial charge is 0.378 e. The van der Waals surface area contributed by atoms with Gasteiger partial charge in [-0.05, 0) is 119 Å². The van der Waals surface area contributed by atoms with Gasteiger partial charge >= 0.3 is 0 Å². The molecule has 43 heavy (non-hydrogen) atoms. The van der Waals surface area contributed by atoms with Gasteiger partial charge in [0, 0.05) is 30.9 Å². The summed E-state index contributed by atoms with van der Waals surface area (Å²) >= 11 is 0. The SMILES string of the molecule is C=C(CCNCC(C)C)C/C(C(=C)C)=C(C(=C/C(C)C1=CC(C#N)=CC=C=C1C)\CC(=C)C[C@@H](C)OCCC)/C(C)=N\C. The van der Waals surface area contributed by atoms with Gasteiger partial charge in [-0.25, -0.2) is 0 Å². The molecule has 0 heterocycles. The van der Waals surface area contributed by atoms with Crippen LogP contribution in [0.5, 0.6) is 0 Å². The predicted molar refractivity (Wildman–Crippen MR) is 187 cm³/mol. The molecule has 234 valence electrons. The van der Waals surface area contributed by atoms with E-state index in [1.165, 1.54) is 5.57 Å². The zero-order valence-corrected chi connectivity index (χ0v) is 28.6. The van der Waals surface area contributed by atoms with E-state index in [2.05, 4.69) is 98.3 Å². The molecule has 1 aliphatic rings. The number of aliphatic imine (C=N–C) groups is 1. The highest BCUT2D eigenvalue weighted by atomic mass is 16.5. The first-order chi connectivity index (χ1) is 20.3. The number of nitrogens with one attached hydrogen (secondary N) is 1. The van der Waals surface area contributed by atoms with Crippen LogP contribution < -0.4 is 5.32 Å². The first-order valence-electron chi connectivity index (χ1n) is 15.8. The Morgan fingerprint density at radius 2 is 1.84 bits per heavy atom. The number of nitrogens with zero attached hydrogens (tertiary/aromatic N) is 2. The second kappa shape index (κ2) is 19.9. The highest BCUT2D eigenvalue weighted by molar-refractivity contribution is 6.03. The second-order valence-corrected chi connectivity index (χ2v) is 12.3. The lowest BCUT2D eigenvalue weighted by Gasteiger charge is -2.24. The van der Waals surface area contributed by atoms with E-state index < -0.39 is 0 Å². The molecule has 0 amide bonds. The van der Waals surface area contributed by atoms with Crippen molar-refractivity contribution in [1.29, 1.82) is 5.26 Å². The molecule has 4 nitrogen and oxygen atoms in total. The maximum absolute atomic E-state index is 9.66. The van der Waals surface area contributed by atoms with Gasteiger partial charge in [0.25, 0.3) is 0 Å². The summed E-state index contributed by atoms with van der Waals surface area (Å²) in [5, 5.41) is 13.2. The van der Waals surface area contributed by atoms with Gasteiger partial charge in [0.05, 0.1) is 17.7 Å². The Balaban J connectivity index is 3.70. The van der Waals surface area contributed by atoms with E-state index in [0.717, 1.165) is 90.1 Å². The maximum Gasteiger partial charge on any atom is 0.0991 e. The lowest BCUT2D eigenvalue weighted by molar-refractivity contribution is 0.0667. The van der Waals surface area contributed by atoms with E-state index in [4.69, 9.17) is 9.73 Å². The molecule has 1 N–H and O–H groups in total. The first-order valence-corrected chi connectivity index (χ1v) is 15.8. The Kier molecular flexibility index (Phi) is 17.5. The Morgan fingerprint density at radius 3 is 2.42 bits per heavy atom. The van der Waals surface area contributed by atoms with Crippen molar-refractivity contribution in [2.24, 2.45) is 16.8 Å². The molecule has 0 aromatic carbocycles. The minimum atomic E-state index is 0.0294. The van der Waals surface area contributed by atoms with Crippen LogP contribution in [-0.4, -0.2) is 38.6 Å². The summed E-state index contributed by atoms with van der Waals surface area (Å²) in [5.74, 6) is 0.645. The van der Waals surface area contributed by atoms with Crippen LogP contribution in [0, 0.1) is 23.2 Å². The van der Waals surface area contributed by atoms with Gasteiger partial charge in [-0.3, -0.25) is 4.99 Å². The molecule has 2 atom stereocenters. The van der Waals surface area contributed by atoms with Crippen molar-refractivity contribution in [1.82, 2.24) is 5.32 Å². The summed E-state index contributed by atoms with van der Waals surface area (Å²) in [5.41, 5.74) is 13.8. The standard InChI is InChI=1S/C39H57N3O/c1-13-19-43-33(10)20-30(7)21-36(23-32(9)38-24-35(25-40)16-14-15-31(38)8)39(34(11)41-12)37(28(4)5)22-29(6)17-18-42-26-27(2)3/h14,16,23-24,27,32-33,42H,4,6-7,13,17-22,26H2,1-3,5,8-12H3/b36-23-,39-37+,41-34-/t32?,33-/m1/s1. The maximum atomic E-state index is 9.66. The van der Waals surface area contributed by atoms with Crippen molar-refractivity contribution in [2.75, 3.05) is 26.7 Å². The first kappa shape index (κ1) is 37.8. The summed E-state index contributed by atoms with van der Waals surface area (Å²) < 4.78 is 5.99. The second-order valence-electron chi connectivity index (χ2n) is 12.3. The number of hydrogen-bond acceptors (Lipinski definition) is 4. The van der Waals surface area contributed by atoms with E-state index in [1.54, 1.807) is 0 Å². The lowest BCUT2D eigenvalue weighted by atomic mass is 9.82. The van der Waals surface area contributed by atoms with Gasteiger partial charge in [0.15, 0.2) is 0 Å². The van der Waals surface area contributed by atoms with Gasteiger partial charge in [0.1, 0.15) is 0 Å². The van der Waals surface area contributed by atoms with E-state index in [0.29, 0.717) is 17.9 Å². The molecule has 0 saturated carbocycles. The Bertz CT molecular complexity index is 1270. The van der Waals surface area contributed by atoms with Gasteiger partial charge in [-0.2, -0.15) is 5.26 Å². The minimum absolute atomic E-state index is 0.0294. The van der Waals surface area contributed by atoms with E-state index in [9.17, 15) is 5.26 Å². The Morgan fingerprint density at radius 1 is 1.14 bits per heavy atom. The molecule has 1 aliphatic carbocycles. The topological polar surface area (TPSA) is 57.4 Å². The highest BCUT2D eigenvalue weighted by Crippen LogP contribution is 2.34. The van der Waals surface area contributed by atoms with Crippen LogP contribution in [0.25, 0.3) is 0 Å². The van der Waals surface area contributed by atoms with Crippen LogP contribution in [0.2, 0.25) is 0 Å². The van der Waals surface area contributed by atoms with Gasteiger partial charge in [-0.15, -0.1) is 5.73 Å². The summed E-state index contributed by atoms with van der Waals surface area (Å²) in [7, 11) is 1.85. The zero-order chi connectivity index (χ0) is 32.5. The zero-order valence-electron chi connectivity index (χ0n) is 28.6. The molecule has 0 bridgehead atoms. The van der Waals surface area contributed by atoms with Crippen molar-refractivity contribution in [3.8, 4) is 6.07 Å². The molecule has 0 saturated heterocycles. The van der Waals surface area contributed by atoms with Gasteiger partial charge in [-0.1, -0.05) is 70.2 Å². The average molecular weight is 584 g/mol. The third-order valence-electron chi connectivity index (χ3n) is 7.47. The molecule has 0 aliphatic heterocycles. The van der Waals surface area contributed by atoms with Crippen LogP contribution in [0.3, 0.4) is 0 Å². The van der Waals surface area contributed by atoms with E-state index in [1.807, 2.05) is 25.3 Å². The van der Waals surface area contributed by atoms with Crippen molar-refractivity contribution in [3.63, 3.8) is 0 Å². The molecule has 0 fully saturated rings. The quantitative estimate of drug-likeness (QED) is 0.0541. The summed E-state index contributed by atoms with van der Waals surface area (Å²) in [6.45, 7) is 33.1. The molecule has 0 aromatic heterocycles. The molecule has 0 aromatic rings. The van der Waals surface area contributed by atoms with Gasteiger partial charge in [0.2, 0.25) is 0 Å². The van der Waals surface area contributed by atoms with E-state index in [-0.39, 0.29) is 12.0 Å². The van der Waals surface area contributed by atoms with Gasteiger partial charge < -0.3 is 10.1 Å². The molecule has 1 unspecified atom stereocenters. The summed E-state index contributed by atoms with van der Waals surface area (Å²) in [6, 6.07) is 2.30. The number of nitriles is 1. The molecular formula is C39H57N3O. The lowest BCUT2D eigenvalue weighted by Crippen LogP contribution is -2.21. The Labute approximate surface area is 263 Å². The van der Waals surface area contributed by atoms with E-state index >= 15 is 0 Å². The van der Waals surface area contributed by atoms with Crippen molar-refractivity contribution in [2.45, 2.75) is 93.6 Å². The molecule has 1 rings (SSSR count). The average Bonchev–Trinajstić information content (AvgIpc) is 3.14. The molecule has 4 heteroatoms. The Hall–Kier alpha value is -3.22. The smallest absolute Gasteiger partial charge is 0.0991 e. The third-order valence-corrected chi connectivity index (χ3v) is 7.47. The monoisotopic (exact) mass is 583 g/mol. The minimum Gasteiger partial charge on any atom is -0.378 e. The molecule has 0 radical (unpaired) electrons.